The zero-order valence-corrected chi connectivity index (χ0v) is 15.5. The molecule has 0 unspecified atom stereocenters. The average molecular weight is 355 g/mol. The molecule has 0 radical (unpaired) electrons. The van der Waals surface area contributed by atoms with Crippen molar-refractivity contribution in [3.8, 4) is 6.01 Å². The molecule has 7 heteroatoms. The molecule has 2 rings (SSSR count). The monoisotopic (exact) mass is 355 g/mol. The summed E-state index contributed by atoms with van der Waals surface area (Å²) in [6, 6.07) is 9.86. The van der Waals surface area contributed by atoms with Gasteiger partial charge in [0.25, 0.3) is 0 Å². The number of benzene rings is 1. The molecule has 0 aliphatic heterocycles. The van der Waals surface area contributed by atoms with Gasteiger partial charge in [-0.05, 0) is 39.5 Å². The third-order valence-corrected chi connectivity index (χ3v) is 3.09. The molecular weight excluding hydrogens is 330 g/mol. The van der Waals surface area contributed by atoms with Crippen LogP contribution in [0, 0.1) is 6.92 Å². The number of allylic oxidation sites excluding steroid dienone is 1. The normalized spacial score (nSPS) is 11.9. The highest BCUT2D eigenvalue weighted by atomic mass is 16.5. The Morgan fingerprint density at radius 1 is 1.23 bits per heavy atom. The number of nitrogens with zero attached hydrogens (tertiary/aromatic N) is 3. The second-order valence-electron chi connectivity index (χ2n) is 6.45. The molecule has 7 nitrogen and oxygen atoms in total. The number of aromatic nitrogens is 2. The number of hydrogen-bond donors (Lipinski definition) is 3. The molecule has 0 fully saturated rings. The lowest BCUT2D eigenvalue weighted by Gasteiger charge is -2.17. The SMILES string of the molecule is C/C=C\Nc1cc(N/N=C/c2cccc(C)c2)nc(OCC(C)(C)O)n1. The van der Waals surface area contributed by atoms with Crippen LogP contribution in [0.25, 0.3) is 0 Å². The molecule has 0 spiro atoms. The molecule has 0 aliphatic carbocycles. The average Bonchev–Trinajstić information content (AvgIpc) is 2.58. The standard InChI is InChI=1S/C19H25N5O2/c1-5-9-20-16-11-17(23-18(22-16)26-13-19(3,4)25)24-21-12-15-8-6-7-14(2)10-15/h5-12,25H,13H2,1-4H3,(H2,20,22,23,24)/b9-5-,21-12+. The van der Waals surface area contributed by atoms with E-state index in [-0.39, 0.29) is 12.6 Å². The van der Waals surface area contributed by atoms with Crippen LogP contribution in [0.4, 0.5) is 11.6 Å². The molecule has 0 aliphatic rings. The maximum absolute atomic E-state index is 9.80. The minimum absolute atomic E-state index is 0.0755. The van der Waals surface area contributed by atoms with Crippen LogP contribution in [0.5, 0.6) is 6.01 Å². The Balaban J connectivity index is 2.14. The largest absolute Gasteiger partial charge is 0.460 e. The number of nitrogens with one attached hydrogen (secondary N) is 2. The fraction of sp³-hybridized carbons (Fsp3) is 0.316. The number of aliphatic hydroxyl groups is 1. The van der Waals surface area contributed by atoms with E-state index < -0.39 is 5.60 Å². The molecule has 0 amide bonds. The minimum Gasteiger partial charge on any atom is -0.460 e. The maximum atomic E-state index is 9.80. The van der Waals surface area contributed by atoms with Crippen LogP contribution in [0.1, 0.15) is 31.9 Å². The van der Waals surface area contributed by atoms with Gasteiger partial charge in [-0.3, -0.25) is 5.43 Å². The van der Waals surface area contributed by atoms with E-state index in [9.17, 15) is 5.11 Å². The summed E-state index contributed by atoms with van der Waals surface area (Å²) in [5.74, 6) is 1.03. The Morgan fingerprint density at radius 2 is 2.00 bits per heavy atom. The van der Waals surface area contributed by atoms with Gasteiger partial charge >= 0.3 is 6.01 Å². The van der Waals surface area contributed by atoms with Crippen LogP contribution in [-0.2, 0) is 0 Å². The Bertz CT molecular complexity index is 782. The molecule has 2 aromatic rings. The smallest absolute Gasteiger partial charge is 0.320 e. The van der Waals surface area contributed by atoms with Crippen molar-refractivity contribution >= 4 is 17.9 Å². The van der Waals surface area contributed by atoms with E-state index in [1.165, 1.54) is 0 Å². The van der Waals surface area contributed by atoms with Gasteiger partial charge in [0, 0.05) is 6.07 Å². The van der Waals surface area contributed by atoms with Crippen LogP contribution in [0.3, 0.4) is 0 Å². The number of rotatable bonds is 8. The van der Waals surface area contributed by atoms with Crippen molar-refractivity contribution in [2.75, 3.05) is 17.3 Å². The number of ether oxygens (including phenoxy) is 1. The molecule has 0 atom stereocenters. The summed E-state index contributed by atoms with van der Waals surface area (Å²) in [5.41, 5.74) is 4.05. The highest BCUT2D eigenvalue weighted by molar-refractivity contribution is 5.80. The van der Waals surface area contributed by atoms with Crippen molar-refractivity contribution in [1.82, 2.24) is 9.97 Å². The molecule has 3 N–H and O–H groups in total. The van der Waals surface area contributed by atoms with E-state index >= 15 is 0 Å². The summed E-state index contributed by atoms with van der Waals surface area (Å²) in [6.45, 7) is 7.30. The zero-order valence-electron chi connectivity index (χ0n) is 15.5. The van der Waals surface area contributed by atoms with Gasteiger partial charge in [0.2, 0.25) is 0 Å². The fourth-order valence-electron chi connectivity index (χ4n) is 1.95. The molecule has 0 saturated carbocycles. The fourth-order valence-corrected chi connectivity index (χ4v) is 1.95. The quantitative estimate of drug-likeness (QED) is 0.497. The molecule has 1 heterocycles. The van der Waals surface area contributed by atoms with Crippen molar-refractivity contribution in [2.24, 2.45) is 5.10 Å². The van der Waals surface area contributed by atoms with Crippen LogP contribution < -0.4 is 15.5 Å². The summed E-state index contributed by atoms with van der Waals surface area (Å²) < 4.78 is 5.48. The lowest BCUT2D eigenvalue weighted by molar-refractivity contribution is 0.0251. The summed E-state index contributed by atoms with van der Waals surface area (Å²) >= 11 is 0. The van der Waals surface area contributed by atoms with E-state index in [1.807, 2.05) is 44.2 Å². The minimum atomic E-state index is -0.979. The Labute approximate surface area is 153 Å². The summed E-state index contributed by atoms with van der Waals surface area (Å²) in [5, 5.41) is 17.0. The second kappa shape index (κ2) is 8.96. The van der Waals surface area contributed by atoms with Crippen LogP contribution in [0.15, 0.2) is 47.7 Å². The van der Waals surface area contributed by atoms with E-state index in [0.29, 0.717) is 11.6 Å². The van der Waals surface area contributed by atoms with Gasteiger partial charge in [0.1, 0.15) is 12.4 Å². The summed E-state index contributed by atoms with van der Waals surface area (Å²) in [6.07, 6.45) is 5.32. The molecular formula is C19H25N5O2. The Hall–Kier alpha value is -2.93. The van der Waals surface area contributed by atoms with Crippen LogP contribution >= 0.6 is 0 Å². The Morgan fingerprint density at radius 3 is 2.69 bits per heavy atom. The van der Waals surface area contributed by atoms with E-state index in [0.717, 1.165) is 11.1 Å². The summed E-state index contributed by atoms with van der Waals surface area (Å²) in [4.78, 5) is 8.51. The molecule has 138 valence electrons. The molecule has 26 heavy (non-hydrogen) atoms. The predicted molar refractivity (Wildman–Crippen MR) is 105 cm³/mol. The second-order valence-corrected chi connectivity index (χ2v) is 6.45. The van der Waals surface area contributed by atoms with Crippen molar-refractivity contribution in [3.05, 3.63) is 53.7 Å². The van der Waals surface area contributed by atoms with E-state index in [4.69, 9.17) is 4.74 Å². The highest BCUT2D eigenvalue weighted by Crippen LogP contribution is 2.17. The molecule has 1 aromatic carbocycles. The first-order chi connectivity index (χ1) is 12.4. The zero-order chi connectivity index (χ0) is 19.0. The topological polar surface area (TPSA) is 91.7 Å². The van der Waals surface area contributed by atoms with Gasteiger partial charge < -0.3 is 15.2 Å². The number of anilines is 2. The van der Waals surface area contributed by atoms with Crippen molar-refractivity contribution in [2.45, 2.75) is 33.3 Å². The van der Waals surface area contributed by atoms with Gasteiger partial charge in [-0.25, -0.2) is 0 Å². The first kappa shape index (κ1) is 19.4. The summed E-state index contributed by atoms with van der Waals surface area (Å²) in [7, 11) is 0. The third-order valence-electron chi connectivity index (χ3n) is 3.09. The van der Waals surface area contributed by atoms with Gasteiger partial charge in [-0.15, -0.1) is 0 Å². The molecule has 0 saturated heterocycles. The molecule has 0 bridgehead atoms. The predicted octanol–water partition coefficient (Wildman–Crippen LogP) is 3.33. The van der Waals surface area contributed by atoms with Crippen LogP contribution in [0.2, 0.25) is 0 Å². The first-order valence-electron chi connectivity index (χ1n) is 8.33. The van der Waals surface area contributed by atoms with Gasteiger partial charge in [-0.1, -0.05) is 35.9 Å². The van der Waals surface area contributed by atoms with Crippen molar-refractivity contribution in [1.29, 1.82) is 0 Å². The first-order valence-corrected chi connectivity index (χ1v) is 8.33. The lowest BCUT2D eigenvalue weighted by atomic mass is 10.2. The number of aryl methyl sites for hydroxylation is 1. The van der Waals surface area contributed by atoms with E-state index in [1.54, 1.807) is 32.3 Å². The maximum Gasteiger partial charge on any atom is 0.320 e. The third kappa shape index (κ3) is 6.90. The van der Waals surface area contributed by atoms with Gasteiger partial charge in [-0.2, -0.15) is 15.1 Å². The van der Waals surface area contributed by atoms with E-state index in [2.05, 4.69) is 25.8 Å². The number of hydrogen-bond acceptors (Lipinski definition) is 7. The van der Waals surface area contributed by atoms with Crippen LogP contribution in [-0.4, -0.2) is 33.5 Å². The highest BCUT2D eigenvalue weighted by Gasteiger charge is 2.15. The number of hydrazone groups is 1. The lowest BCUT2D eigenvalue weighted by Crippen LogP contribution is -2.28. The van der Waals surface area contributed by atoms with Gasteiger partial charge in [0.15, 0.2) is 5.82 Å². The molecule has 1 aromatic heterocycles. The van der Waals surface area contributed by atoms with Crippen molar-refractivity contribution < 1.29 is 9.84 Å². The van der Waals surface area contributed by atoms with Gasteiger partial charge in [0.05, 0.1) is 11.8 Å². The van der Waals surface area contributed by atoms with Crippen molar-refractivity contribution in [3.63, 3.8) is 0 Å². The Kier molecular flexibility index (Phi) is 6.68.